The number of benzene rings is 1. The van der Waals surface area contributed by atoms with Gasteiger partial charge < -0.3 is 4.90 Å². The fourth-order valence-electron chi connectivity index (χ4n) is 3.19. The second kappa shape index (κ2) is 9.05. The van der Waals surface area contributed by atoms with Crippen LogP contribution in [0.25, 0.3) is 0 Å². The quantitative estimate of drug-likeness (QED) is 0.692. The highest BCUT2D eigenvalue weighted by atomic mass is 15.2. The summed E-state index contributed by atoms with van der Waals surface area (Å²) in [5.41, 5.74) is 0.741. The van der Waals surface area contributed by atoms with E-state index in [9.17, 15) is 5.26 Å². The minimum absolute atomic E-state index is 0.409. The van der Waals surface area contributed by atoms with Gasteiger partial charge in [-0.2, -0.15) is 5.26 Å². The third-order valence-corrected chi connectivity index (χ3v) is 4.65. The molecule has 0 aliphatic heterocycles. The van der Waals surface area contributed by atoms with Crippen LogP contribution in [0.1, 0.15) is 46.1 Å². The summed E-state index contributed by atoms with van der Waals surface area (Å²) in [5, 5.41) is 10.0. The van der Waals surface area contributed by atoms with Gasteiger partial charge in [0.1, 0.15) is 0 Å². The fourth-order valence-corrected chi connectivity index (χ4v) is 3.19. The number of hydrogen-bond donors (Lipinski definition) is 0. The van der Waals surface area contributed by atoms with Gasteiger partial charge in [0.05, 0.1) is 11.5 Å². The summed E-state index contributed by atoms with van der Waals surface area (Å²) >= 11 is 0. The van der Waals surface area contributed by atoms with Crippen LogP contribution in [0.5, 0.6) is 0 Å². The van der Waals surface area contributed by atoms with Gasteiger partial charge in [0, 0.05) is 18.6 Å². The molecule has 0 radical (unpaired) electrons. The van der Waals surface area contributed by atoms with Crippen molar-refractivity contribution in [2.45, 2.75) is 58.0 Å². The van der Waals surface area contributed by atoms with Crippen LogP contribution in [-0.2, 0) is 5.41 Å². The molecule has 128 valence electrons. The van der Waals surface area contributed by atoms with Gasteiger partial charge in [-0.05, 0) is 66.7 Å². The molecule has 0 amide bonds. The van der Waals surface area contributed by atoms with Crippen LogP contribution in [0.2, 0.25) is 0 Å². The molecule has 1 unspecified atom stereocenters. The third kappa shape index (κ3) is 5.64. The lowest BCUT2D eigenvalue weighted by Gasteiger charge is -2.35. The highest BCUT2D eigenvalue weighted by Crippen LogP contribution is 2.32. The predicted molar refractivity (Wildman–Crippen MR) is 98.5 cm³/mol. The SMILES string of the molecule is CC(C)N(CCC(C#N)(CCN(C)C)c1ccccc1)C(C)C. The number of hydrogen-bond acceptors (Lipinski definition) is 3. The molecule has 0 N–H and O–H groups in total. The van der Waals surface area contributed by atoms with Crippen molar-refractivity contribution in [1.29, 1.82) is 5.26 Å². The first-order valence-corrected chi connectivity index (χ1v) is 8.69. The molecule has 1 aromatic rings. The highest BCUT2D eigenvalue weighted by molar-refractivity contribution is 5.32. The zero-order chi connectivity index (χ0) is 17.5. The molecular weight excluding hydrogens is 282 g/mol. The molecule has 3 heteroatoms. The number of rotatable bonds is 9. The Morgan fingerprint density at radius 3 is 1.91 bits per heavy atom. The summed E-state index contributed by atoms with van der Waals surface area (Å²) < 4.78 is 0. The molecule has 0 saturated heterocycles. The van der Waals surface area contributed by atoms with E-state index in [1.807, 2.05) is 18.2 Å². The molecule has 0 heterocycles. The zero-order valence-electron chi connectivity index (χ0n) is 15.7. The van der Waals surface area contributed by atoms with E-state index in [0.717, 1.165) is 31.5 Å². The van der Waals surface area contributed by atoms with E-state index in [0.29, 0.717) is 12.1 Å². The Hall–Kier alpha value is -1.37. The first-order chi connectivity index (χ1) is 10.8. The van der Waals surface area contributed by atoms with Crippen molar-refractivity contribution >= 4 is 0 Å². The first-order valence-electron chi connectivity index (χ1n) is 8.69. The molecule has 3 nitrogen and oxygen atoms in total. The minimum atomic E-state index is -0.409. The summed E-state index contributed by atoms with van der Waals surface area (Å²) in [7, 11) is 4.14. The van der Waals surface area contributed by atoms with Crippen LogP contribution in [0.4, 0.5) is 0 Å². The standard InChI is InChI=1S/C20H33N3/c1-17(2)23(18(3)4)15-13-20(16-21,12-14-22(5)6)19-10-8-7-9-11-19/h7-11,17-18H,12-15H2,1-6H3. The van der Waals surface area contributed by atoms with E-state index in [1.54, 1.807) is 0 Å². The van der Waals surface area contributed by atoms with Crippen LogP contribution >= 0.6 is 0 Å². The molecule has 0 aliphatic carbocycles. The van der Waals surface area contributed by atoms with Gasteiger partial charge in [-0.1, -0.05) is 30.3 Å². The Morgan fingerprint density at radius 1 is 0.957 bits per heavy atom. The van der Waals surface area contributed by atoms with Crippen molar-refractivity contribution in [2.24, 2.45) is 0 Å². The van der Waals surface area contributed by atoms with E-state index in [-0.39, 0.29) is 0 Å². The third-order valence-electron chi connectivity index (χ3n) is 4.65. The molecule has 0 fully saturated rings. The van der Waals surface area contributed by atoms with Crippen molar-refractivity contribution in [3.63, 3.8) is 0 Å². The molecular formula is C20H33N3. The summed E-state index contributed by atoms with van der Waals surface area (Å²) in [6, 6.07) is 14.0. The van der Waals surface area contributed by atoms with Crippen LogP contribution in [0.3, 0.4) is 0 Å². The van der Waals surface area contributed by atoms with Gasteiger partial charge in [0.25, 0.3) is 0 Å². The van der Waals surface area contributed by atoms with Crippen molar-refractivity contribution < 1.29 is 0 Å². The van der Waals surface area contributed by atoms with Gasteiger partial charge in [-0.3, -0.25) is 4.90 Å². The van der Waals surface area contributed by atoms with Gasteiger partial charge in [-0.15, -0.1) is 0 Å². The molecule has 23 heavy (non-hydrogen) atoms. The Kier molecular flexibility index (Phi) is 7.75. The normalized spacial score (nSPS) is 14.5. The molecule has 1 rings (SSSR count). The number of nitrogens with zero attached hydrogens (tertiary/aromatic N) is 3. The summed E-state index contributed by atoms with van der Waals surface area (Å²) in [6.45, 7) is 10.8. The van der Waals surface area contributed by atoms with E-state index in [1.165, 1.54) is 0 Å². The van der Waals surface area contributed by atoms with Gasteiger partial charge in [0.15, 0.2) is 0 Å². The van der Waals surface area contributed by atoms with Crippen LogP contribution in [0, 0.1) is 11.3 Å². The van der Waals surface area contributed by atoms with Gasteiger partial charge in [0.2, 0.25) is 0 Å². The van der Waals surface area contributed by atoms with Gasteiger partial charge >= 0.3 is 0 Å². The zero-order valence-corrected chi connectivity index (χ0v) is 15.7. The van der Waals surface area contributed by atoms with E-state index < -0.39 is 5.41 Å². The summed E-state index contributed by atoms with van der Waals surface area (Å²) in [4.78, 5) is 4.64. The monoisotopic (exact) mass is 315 g/mol. The molecule has 0 saturated carbocycles. The molecule has 0 spiro atoms. The van der Waals surface area contributed by atoms with Crippen LogP contribution in [-0.4, -0.2) is 49.1 Å². The topological polar surface area (TPSA) is 30.3 Å². The highest BCUT2D eigenvalue weighted by Gasteiger charge is 2.33. The maximum absolute atomic E-state index is 10.0. The Labute approximate surface area is 142 Å². The molecule has 0 bridgehead atoms. The van der Waals surface area contributed by atoms with Crippen molar-refractivity contribution in [1.82, 2.24) is 9.80 Å². The second-order valence-electron chi connectivity index (χ2n) is 7.29. The van der Waals surface area contributed by atoms with Crippen LogP contribution < -0.4 is 0 Å². The Morgan fingerprint density at radius 2 is 1.48 bits per heavy atom. The van der Waals surface area contributed by atoms with E-state index in [2.05, 4.69) is 69.8 Å². The Bertz CT molecular complexity index is 479. The second-order valence-corrected chi connectivity index (χ2v) is 7.29. The molecule has 1 atom stereocenters. The lowest BCUT2D eigenvalue weighted by atomic mass is 9.75. The van der Waals surface area contributed by atoms with Gasteiger partial charge in [-0.25, -0.2) is 0 Å². The van der Waals surface area contributed by atoms with E-state index >= 15 is 0 Å². The molecule has 1 aromatic carbocycles. The Balaban J connectivity index is 3.02. The molecule has 0 aromatic heterocycles. The average molecular weight is 316 g/mol. The minimum Gasteiger partial charge on any atom is -0.309 e. The lowest BCUT2D eigenvalue weighted by molar-refractivity contribution is 0.159. The van der Waals surface area contributed by atoms with Crippen molar-refractivity contribution in [2.75, 3.05) is 27.2 Å². The fraction of sp³-hybridized carbons (Fsp3) is 0.650. The summed E-state index contributed by atoms with van der Waals surface area (Å²) in [5.74, 6) is 0. The first kappa shape index (κ1) is 19.7. The van der Waals surface area contributed by atoms with Crippen molar-refractivity contribution in [3.8, 4) is 6.07 Å². The largest absolute Gasteiger partial charge is 0.309 e. The summed E-state index contributed by atoms with van der Waals surface area (Å²) in [6.07, 6.45) is 1.74. The maximum Gasteiger partial charge on any atom is 0.0846 e. The smallest absolute Gasteiger partial charge is 0.0846 e. The molecule has 0 aliphatic rings. The maximum atomic E-state index is 10.0. The predicted octanol–water partition coefficient (Wildman–Crippen LogP) is 3.91. The van der Waals surface area contributed by atoms with Crippen LogP contribution in [0.15, 0.2) is 30.3 Å². The number of nitriles is 1. The lowest BCUT2D eigenvalue weighted by Crippen LogP contribution is -2.41. The van der Waals surface area contributed by atoms with Crippen molar-refractivity contribution in [3.05, 3.63) is 35.9 Å². The average Bonchev–Trinajstić information content (AvgIpc) is 2.51. The van der Waals surface area contributed by atoms with E-state index in [4.69, 9.17) is 0 Å².